The van der Waals surface area contributed by atoms with Crippen LogP contribution in [0, 0.1) is 16.7 Å². The number of hydrogen-bond acceptors (Lipinski definition) is 5. The molecule has 2 aliphatic carbocycles. The van der Waals surface area contributed by atoms with E-state index in [-0.39, 0.29) is 24.0 Å². The summed E-state index contributed by atoms with van der Waals surface area (Å²) in [6.45, 7) is 1.93. The van der Waals surface area contributed by atoms with Crippen molar-refractivity contribution in [3.8, 4) is 6.07 Å². The third kappa shape index (κ3) is 3.71. The molecule has 5 nitrogen and oxygen atoms in total. The summed E-state index contributed by atoms with van der Waals surface area (Å²) >= 11 is 3.60. The van der Waals surface area contributed by atoms with E-state index in [4.69, 9.17) is 9.68 Å². The summed E-state index contributed by atoms with van der Waals surface area (Å²) in [6.07, 6.45) is 8.06. The number of fused-ring (bicyclic) bond motifs is 1. The molecular formula is C22H25BrF2N4O. The average molecular weight is 479 g/mol. The fraction of sp³-hybridized carbons (Fsp3) is 0.636. The van der Waals surface area contributed by atoms with Gasteiger partial charge in [-0.2, -0.15) is 5.26 Å². The number of halogens is 3. The molecule has 160 valence electrons. The number of nitrogens with one attached hydrogen (secondary N) is 1. The normalized spacial score (nSPS) is 28.2. The van der Waals surface area contributed by atoms with Gasteiger partial charge in [0.1, 0.15) is 11.9 Å². The molecule has 2 saturated carbocycles. The minimum absolute atomic E-state index is 0.0756. The van der Waals surface area contributed by atoms with Crippen molar-refractivity contribution >= 4 is 32.7 Å². The summed E-state index contributed by atoms with van der Waals surface area (Å²) in [6, 6.07) is 4.66. The maximum Gasteiger partial charge on any atom is 0.249 e. The quantitative estimate of drug-likeness (QED) is 0.612. The van der Waals surface area contributed by atoms with Gasteiger partial charge in [0.25, 0.3) is 0 Å². The fourth-order valence-corrected chi connectivity index (χ4v) is 6.20. The molecule has 5 rings (SSSR count). The van der Waals surface area contributed by atoms with E-state index in [0.717, 1.165) is 67.3 Å². The van der Waals surface area contributed by atoms with Crippen LogP contribution in [0.5, 0.6) is 0 Å². The number of likely N-dealkylation sites (tertiary alicyclic amines) is 1. The van der Waals surface area contributed by atoms with Crippen LogP contribution in [0.2, 0.25) is 0 Å². The highest BCUT2D eigenvalue weighted by atomic mass is 79.9. The van der Waals surface area contributed by atoms with Crippen LogP contribution in [0.3, 0.4) is 0 Å². The molecule has 1 N–H and O–H groups in total. The molecule has 1 aliphatic heterocycles. The molecule has 3 heterocycles. The number of rotatable bonds is 3. The van der Waals surface area contributed by atoms with Crippen LogP contribution in [-0.2, 0) is 0 Å². The summed E-state index contributed by atoms with van der Waals surface area (Å²) in [5.74, 6) is -1.36. The van der Waals surface area contributed by atoms with Gasteiger partial charge in [-0.1, -0.05) is 0 Å². The number of nitrogens with zero attached hydrogens (tertiary/aromatic N) is 3. The van der Waals surface area contributed by atoms with Crippen molar-refractivity contribution in [1.82, 2.24) is 9.88 Å². The van der Waals surface area contributed by atoms with E-state index in [1.54, 1.807) is 12.3 Å². The first kappa shape index (κ1) is 20.2. The maximum atomic E-state index is 13.3. The highest BCUT2D eigenvalue weighted by Crippen LogP contribution is 2.57. The predicted octanol–water partition coefficient (Wildman–Crippen LogP) is 5.70. The van der Waals surface area contributed by atoms with Crippen molar-refractivity contribution in [3.63, 3.8) is 0 Å². The molecule has 2 aromatic heterocycles. The smallest absolute Gasteiger partial charge is 0.249 e. The number of aromatic nitrogens is 1. The lowest BCUT2D eigenvalue weighted by Crippen LogP contribution is -2.54. The molecule has 0 amide bonds. The van der Waals surface area contributed by atoms with Crippen molar-refractivity contribution in [2.75, 3.05) is 18.4 Å². The number of nitriles is 1. The number of anilines is 1. The molecule has 0 atom stereocenters. The first-order valence-electron chi connectivity index (χ1n) is 10.7. The van der Waals surface area contributed by atoms with Gasteiger partial charge in [0.2, 0.25) is 11.7 Å². The van der Waals surface area contributed by atoms with Crippen molar-refractivity contribution in [3.05, 3.63) is 22.5 Å². The lowest BCUT2D eigenvalue weighted by atomic mass is 9.60. The van der Waals surface area contributed by atoms with Gasteiger partial charge in [0.15, 0.2) is 5.58 Å². The molecule has 0 unspecified atom stereocenters. The third-order valence-corrected chi connectivity index (χ3v) is 8.11. The zero-order chi connectivity index (χ0) is 20.9. The Morgan fingerprint density at radius 2 is 1.90 bits per heavy atom. The zero-order valence-corrected chi connectivity index (χ0v) is 18.4. The SMILES string of the molecule is N#Cc1cc2c(Br)c(NC3CCC(N4CCC5(CC4)CC(F)(F)C5)CC3)ncc2o1. The Hall–Kier alpha value is -1.72. The Balaban J connectivity index is 1.15. The van der Waals surface area contributed by atoms with E-state index in [9.17, 15) is 8.78 Å². The Morgan fingerprint density at radius 1 is 1.20 bits per heavy atom. The molecule has 3 fully saturated rings. The highest BCUT2D eigenvalue weighted by molar-refractivity contribution is 9.10. The minimum atomic E-state index is -2.41. The molecule has 1 spiro atoms. The molecule has 30 heavy (non-hydrogen) atoms. The Morgan fingerprint density at radius 3 is 2.53 bits per heavy atom. The highest BCUT2D eigenvalue weighted by Gasteiger charge is 2.56. The monoisotopic (exact) mass is 478 g/mol. The molecule has 1 saturated heterocycles. The first-order valence-corrected chi connectivity index (χ1v) is 11.5. The lowest BCUT2D eigenvalue weighted by Gasteiger charge is -2.53. The second-order valence-electron chi connectivity index (χ2n) is 9.32. The number of hydrogen-bond donors (Lipinski definition) is 1. The molecule has 0 bridgehead atoms. The molecule has 2 aromatic rings. The lowest BCUT2D eigenvalue weighted by molar-refractivity contribution is -0.179. The number of piperidine rings is 1. The van der Waals surface area contributed by atoms with Crippen LogP contribution in [0.25, 0.3) is 11.0 Å². The van der Waals surface area contributed by atoms with E-state index >= 15 is 0 Å². The Labute approximate surface area is 182 Å². The van der Waals surface area contributed by atoms with Gasteiger partial charge in [-0.25, -0.2) is 13.8 Å². The topological polar surface area (TPSA) is 65.1 Å². The number of furan rings is 1. The zero-order valence-electron chi connectivity index (χ0n) is 16.8. The molecular weight excluding hydrogens is 454 g/mol. The second-order valence-corrected chi connectivity index (χ2v) is 10.1. The number of alkyl halides is 2. The van der Waals surface area contributed by atoms with Crippen molar-refractivity contribution < 1.29 is 13.2 Å². The van der Waals surface area contributed by atoms with E-state index in [1.165, 1.54) is 0 Å². The van der Waals surface area contributed by atoms with E-state index in [0.29, 0.717) is 17.7 Å². The summed E-state index contributed by atoms with van der Waals surface area (Å²) in [5.41, 5.74) is 0.521. The third-order valence-electron chi connectivity index (χ3n) is 7.31. The summed E-state index contributed by atoms with van der Waals surface area (Å²) in [4.78, 5) is 7.00. The first-order chi connectivity index (χ1) is 14.4. The van der Waals surface area contributed by atoms with Gasteiger partial charge in [-0.15, -0.1) is 0 Å². The second kappa shape index (κ2) is 7.45. The van der Waals surface area contributed by atoms with E-state index < -0.39 is 5.92 Å². The predicted molar refractivity (Wildman–Crippen MR) is 114 cm³/mol. The largest absolute Gasteiger partial charge is 0.444 e. The number of pyridine rings is 1. The van der Waals surface area contributed by atoms with Crippen LogP contribution in [0.15, 0.2) is 21.2 Å². The molecule has 0 aromatic carbocycles. The van der Waals surface area contributed by atoms with Gasteiger partial charge >= 0.3 is 0 Å². The Kier molecular flexibility index (Phi) is 5.02. The Bertz CT molecular complexity index is 975. The van der Waals surface area contributed by atoms with Crippen LogP contribution >= 0.6 is 15.9 Å². The maximum absolute atomic E-state index is 13.3. The van der Waals surface area contributed by atoms with Crippen LogP contribution in [-0.4, -0.2) is 41.0 Å². The standard InChI is InChI=1S/C22H25BrF2N4O/c23-19-17-9-16(10-26)30-18(17)11-27-20(19)28-14-1-3-15(4-2-14)29-7-5-21(6-8-29)12-22(24,25)13-21/h9,11,14-15H,1-8,12-13H2,(H,27,28). The average Bonchev–Trinajstić information content (AvgIpc) is 3.14. The van der Waals surface area contributed by atoms with Gasteiger partial charge < -0.3 is 14.6 Å². The fourth-order valence-electron chi connectivity index (χ4n) is 5.68. The van der Waals surface area contributed by atoms with Crippen molar-refractivity contribution in [1.29, 1.82) is 5.26 Å². The molecule has 8 heteroatoms. The van der Waals surface area contributed by atoms with Crippen LogP contribution in [0.1, 0.15) is 57.1 Å². The van der Waals surface area contributed by atoms with Crippen LogP contribution < -0.4 is 5.32 Å². The van der Waals surface area contributed by atoms with Gasteiger partial charge in [0.05, 0.1) is 10.7 Å². The molecule has 0 radical (unpaired) electrons. The van der Waals surface area contributed by atoms with E-state index in [2.05, 4.69) is 31.1 Å². The summed E-state index contributed by atoms with van der Waals surface area (Å²) in [7, 11) is 0. The summed E-state index contributed by atoms with van der Waals surface area (Å²) < 4.78 is 32.9. The molecule has 3 aliphatic rings. The van der Waals surface area contributed by atoms with Crippen molar-refractivity contribution in [2.45, 2.75) is 69.4 Å². The van der Waals surface area contributed by atoms with Gasteiger partial charge in [-0.3, -0.25) is 0 Å². The van der Waals surface area contributed by atoms with Crippen LogP contribution in [0.4, 0.5) is 14.6 Å². The van der Waals surface area contributed by atoms with Crippen molar-refractivity contribution in [2.24, 2.45) is 5.41 Å². The van der Waals surface area contributed by atoms with Gasteiger partial charge in [-0.05, 0) is 73.0 Å². The summed E-state index contributed by atoms with van der Waals surface area (Å²) in [5, 5.41) is 13.4. The minimum Gasteiger partial charge on any atom is -0.444 e. The van der Waals surface area contributed by atoms with E-state index in [1.807, 2.05) is 6.07 Å². The van der Waals surface area contributed by atoms with Gasteiger partial charge in [0, 0.05) is 36.4 Å².